The Kier molecular flexibility index (Phi) is 7.60. The van der Waals surface area contributed by atoms with Gasteiger partial charge in [-0.15, -0.1) is 6.42 Å². The van der Waals surface area contributed by atoms with Crippen molar-refractivity contribution < 1.29 is 9.53 Å². The Morgan fingerprint density at radius 2 is 1.97 bits per heavy atom. The summed E-state index contributed by atoms with van der Waals surface area (Å²) >= 11 is 0. The van der Waals surface area contributed by atoms with Gasteiger partial charge in [-0.2, -0.15) is 0 Å². The number of likely N-dealkylation sites (tertiary alicyclic amines) is 1. The zero-order valence-corrected chi connectivity index (χ0v) is 20.6. The van der Waals surface area contributed by atoms with Gasteiger partial charge in [0.15, 0.2) is 0 Å². The van der Waals surface area contributed by atoms with E-state index in [1.54, 1.807) is 4.90 Å². The molecule has 5 heteroatoms. The van der Waals surface area contributed by atoms with Gasteiger partial charge in [-0.05, 0) is 68.4 Å². The molecular formula is C30H35N3O2. The van der Waals surface area contributed by atoms with Crippen molar-refractivity contribution in [3.05, 3.63) is 82.2 Å². The summed E-state index contributed by atoms with van der Waals surface area (Å²) in [6.45, 7) is 11.3. The van der Waals surface area contributed by atoms with Gasteiger partial charge in [0.1, 0.15) is 0 Å². The van der Waals surface area contributed by atoms with Gasteiger partial charge in [-0.1, -0.05) is 36.3 Å². The van der Waals surface area contributed by atoms with Crippen molar-refractivity contribution in [3.63, 3.8) is 0 Å². The molecule has 2 aromatic carbocycles. The van der Waals surface area contributed by atoms with Crippen LogP contribution in [0.3, 0.4) is 0 Å². The minimum atomic E-state index is -0.558. The van der Waals surface area contributed by atoms with Gasteiger partial charge in [-0.25, -0.2) is 6.57 Å². The summed E-state index contributed by atoms with van der Waals surface area (Å²) in [7, 11) is 0. The Morgan fingerprint density at radius 3 is 2.66 bits per heavy atom. The molecule has 1 aliphatic carbocycles. The molecule has 35 heavy (non-hydrogen) atoms. The maximum absolute atomic E-state index is 13.5. The van der Waals surface area contributed by atoms with Crippen LogP contribution in [-0.4, -0.2) is 35.5 Å². The van der Waals surface area contributed by atoms with Gasteiger partial charge in [0.25, 0.3) is 11.4 Å². The van der Waals surface area contributed by atoms with Crippen LogP contribution in [0.4, 0.5) is 0 Å². The summed E-state index contributed by atoms with van der Waals surface area (Å²) in [4.78, 5) is 19.3. The largest absolute Gasteiger partial charge is 0.375 e. The molecule has 0 radical (unpaired) electrons. The highest BCUT2D eigenvalue weighted by Gasteiger charge is 2.43. The normalized spacial score (nSPS) is 20.7. The van der Waals surface area contributed by atoms with Crippen molar-refractivity contribution in [2.45, 2.75) is 75.6 Å². The van der Waals surface area contributed by atoms with Crippen LogP contribution in [0.5, 0.6) is 0 Å². The lowest BCUT2D eigenvalue weighted by Crippen LogP contribution is -2.43. The third-order valence-electron chi connectivity index (χ3n) is 7.28. The summed E-state index contributed by atoms with van der Waals surface area (Å²) in [5, 5.41) is 0. The van der Waals surface area contributed by atoms with Crippen LogP contribution >= 0.6 is 0 Å². The third-order valence-corrected chi connectivity index (χ3v) is 7.28. The summed E-state index contributed by atoms with van der Waals surface area (Å²) in [6, 6.07) is 15.9. The van der Waals surface area contributed by atoms with Crippen LogP contribution in [0.15, 0.2) is 48.5 Å². The molecule has 2 atom stereocenters. The number of rotatable bonds is 8. The molecule has 1 heterocycles. The molecule has 5 nitrogen and oxygen atoms in total. The van der Waals surface area contributed by atoms with Crippen LogP contribution in [-0.2, 0) is 23.3 Å². The number of benzene rings is 2. The quantitative estimate of drug-likeness (QED) is 0.433. The van der Waals surface area contributed by atoms with E-state index in [1.807, 2.05) is 43.3 Å². The van der Waals surface area contributed by atoms with Crippen molar-refractivity contribution in [3.8, 4) is 12.3 Å². The van der Waals surface area contributed by atoms with Crippen LogP contribution in [0.1, 0.15) is 72.5 Å². The average Bonchev–Trinajstić information content (AvgIpc) is 3.54. The predicted molar refractivity (Wildman–Crippen MR) is 138 cm³/mol. The molecule has 0 bridgehead atoms. The monoisotopic (exact) mass is 469 g/mol. The molecular weight excluding hydrogens is 434 g/mol. The average molecular weight is 470 g/mol. The Balaban J connectivity index is 1.54. The highest BCUT2D eigenvalue weighted by molar-refractivity contribution is 5.95. The van der Waals surface area contributed by atoms with Crippen molar-refractivity contribution in [1.82, 2.24) is 4.90 Å². The van der Waals surface area contributed by atoms with Gasteiger partial charge in [0, 0.05) is 36.1 Å². The molecule has 182 valence electrons. The molecule has 2 unspecified atom stereocenters. The summed E-state index contributed by atoms with van der Waals surface area (Å²) in [5.41, 5.74) is 9.04. The Hall–Kier alpha value is -3.12. The van der Waals surface area contributed by atoms with Crippen LogP contribution in [0, 0.1) is 18.9 Å². The molecule has 1 saturated carbocycles. The molecule has 0 aromatic heterocycles. The summed E-state index contributed by atoms with van der Waals surface area (Å²) in [5.74, 6) is 2.70. The Morgan fingerprint density at radius 1 is 1.23 bits per heavy atom. The zero-order valence-electron chi connectivity index (χ0n) is 20.6. The van der Waals surface area contributed by atoms with Crippen LogP contribution < -0.4 is 5.73 Å². The van der Waals surface area contributed by atoms with E-state index in [1.165, 1.54) is 5.56 Å². The fraction of sp³-hybridized carbons (Fsp3) is 0.467. The molecule has 2 aliphatic rings. The number of nitrogens with zero attached hydrogens (tertiary/aromatic N) is 2. The number of carbonyl (C=O) groups is 1. The van der Waals surface area contributed by atoms with E-state index in [2.05, 4.69) is 22.9 Å². The molecule has 1 amide bonds. The maximum atomic E-state index is 13.5. The second-order valence-electron chi connectivity index (χ2n) is 10.4. The van der Waals surface area contributed by atoms with Gasteiger partial charge < -0.3 is 20.2 Å². The van der Waals surface area contributed by atoms with E-state index in [0.29, 0.717) is 31.7 Å². The summed E-state index contributed by atoms with van der Waals surface area (Å²) < 4.78 is 6.08. The molecule has 0 spiro atoms. The van der Waals surface area contributed by atoms with Gasteiger partial charge in [-0.3, -0.25) is 4.79 Å². The highest BCUT2D eigenvalue weighted by atomic mass is 16.5. The first-order valence-electron chi connectivity index (χ1n) is 12.6. The third kappa shape index (κ3) is 5.76. The predicted octanol–water partition coefficient (Wildman–Crippen LogP) is 5.09. The second-order valence-corrected chi connectivity index (χ2v) is 10.4. The topological polar surface area (TPSA) is 59.9 Å². The number of hydrogen-bond donors (Lipinski definition) is 1. The lowest BCUT2D eigenvalue weighted by atomic mass is 9.86. The van der Waals surface area contributed by atoms with Crippen molar-refractivity contribution in [2.75, 3.05) is 13.2 Å². The number of nitrogens with two attached hydrogens (primary N) is 1. The summed E-state index contributed by atoms with van der Waals surface area (Å²) in [6.07, 6.45) is 11.9. The molecule has 1 saturated heterocycles. The number of hydrogen-bond acceptors (Lipinski definition) is 3. The highest BCUT2D eigenvalue weighted by Crippen LogP contribution is 2.43. The van der Waals surface area contributed by atoms with E-state index in [9.17, 15) is 4.79 Å². The Labute approximate surface area is 209 Å². The van der Waals surface area contributed by atoms with Crippen molar-refractivity contribution in [1.29, 1.82) is 0 Å². The van der Waals surface area contributed by atoms with E-state index >= 15 is 0 Å². The minimum absolute atomic E-state index is 0.0561. The first kappa shape index (κ1) is 25.0. The number of amides is 1. The van der Waals surface area contributed by atoms with Crippen LogP contribution in [0.2, 0.25) is 0 Å². The van der Waals surface area contributed by atoms with E-state index in [4.69, 9.17) is 23.5 Å². The second kappa shape index (κ2) is 10.6. The van der Waals surface area contributed by atoms with E-state index in [0.717, 1.165) is 49.7 Å². The smallest absolute Gasteiger partial charge is 0.257 e. The first-order valence-corrected chi connectivity index (χ1v) is 12.6. The molecule has 4 rings (SSSR count). The number of terminal acetylenes is 1. The fourth-order valence-electron chi connectivity index (χ4n) is 5.46. The molecule has 2 fully saturated rings. The van der Waals surface area contributed by atoms with Gasteiger partial charge in [0.05, 0.1) is 19.3 Å². The van der Waals surface area contributed by atoms with E-state index < -0.39 is 11.1 Å². The maximum Gasteiger partial charge on any atom is 0.257 e. The number of ether oxygens (including phenoxy) is 1. The van der Waals surface area contributed by atoms with E-state index in [-0.39, 0.29) is 11.9 Å². The molecule has 2 N–H and O–H groups in total. The minimum Gasteiger partial charge on any atom is -0.375 e. The molecule has 1 aliphatic heterocycles. The first-order chi connectivity index (χ1) is 16.9. The molecule has 2 aromatic rings. The zero-order chi connectivity index (χ0) is 24.9. The SMILES string of the molecule is [C-]#[N+]C1(c2cc(COCC(C)(N)Cc3ccccc3)cc(C(=O)N3CCCC3C#C)c2)CCCC1. The lowest BCUT2D eigenvalue weighted by Gasteiger charge is -2.25. The van der Waals surface area contributed by atoms with Crippen LogP contribution in [0.25, 0.3) is 4.85 Å². The standard InChI is InChI=1S/C30H35N3O2/c1-4-27-13-10-16-33(27)28(34)25-17-24(18-26(19-25)30(32-3)14-8-9-15-30)21-35-22-29(2,31)20-23-11-6-5-7-12-23/h1,5-7,11-12,17-19,27H,8-10,13-16,20-22,31H2,2H3. The Bertz CT molecular complexity index is 1120. The fourth-order valence-corrected chi connectivity index (χ4v) is 5.46. The number of carbonyl (C=O) groups excluding carboxylic acids is 1. The van der Waals surface area contributed by atoms with Gasteiger partial charge in [0.2, 0.25) is 0 Å². The van der Waals surface area contributed by atoms with Crippen molar-refractivity contribution >= 4 is 5.91 Å². The lowest BCUT2D eigenvalue weighted by molar-refractivity contribution is 0.0757. The van der Waals surface area contributed by atoms with Crippen molar-refractivity contribution in [2.24, 2.45) is 5.73 Å². The van der Waals surface area contributed by atoms with Gasteiger partial charge >= 0.3 is 0 Å².